The standard InChI is InChI=1S/C25H26N2O7S2/c1-4-32-21(28)15-35-22-13-26-25(36-22)27-23(29)18-10-19(33-16(2)14-31-3)12-20(11-18)34-24(30)17-8-6-5-7-9-17/h5-13,16H,4,14-15H2,1-3H3,(H,26,27,29)/t16-/m0/s1. The number of ether oxygens (including phenoxy) is 4. The Morgan fingerprint density at radius 2 is 1.83 bits per heavy atom. The number of aromatic nitrogens is 1. The molecule has 0 radical (unpaired) electrons. The van der Waals surface area contributed by atoms with Crippen LogP contribution in [0, 0.1) is 0 Å². The van der Waals surface area contributed by atoms with E-state index in [9.17, 15) is 14.4 Å². The Hall–Kier alpha value is -3.41. The number of benzene rings is 2. The number of carbonyl (C=O) groups is 3. The van der Waals surface area contributed by atoms with E-state index in [-0.39, 0.29) is 29.1 Å². The largest absolute Gasteiger partial charge is 0.488 e. The highest BCUT2D eigenvalue weighted by Crippen LogP contribution is 2.30. The minimum Gasteiger partial charge on any atom is -0.488 e. The van der Waals surface area contributed by atoms with Crippen LogP contribution in [0.1, 0.15) is 34.6 Å². The van der Waals surface area contributed by atoms with Crippen LogP contribution in [0.15, 0.2) is 58.9 Å². The average Bonchev–Trinajstić information content (AvgIpc) is 3.30. The summed E-state index contributed by atoms with van der Waals surface area (Å²) in [7, 11) is 1.56. The second kappa shape index (κ2) is 13.6. The van der Waals surface area contributed by atoms with Crippen molar-refractivity contribution in [1.29, 1.82) is 0 Å². The van der Waals surface area contributed by atoms with Crippen LogP contribution in [0.2, 0.25) is 0 Å². The van der Waals surface area contributed by atoms with E-state index in [1.54, 1.807) is 56.6 Å². The number of nitrogens with one attached hydrogen (secondary N) is 1. The molecule has 1 amide bonds. The van der Waals surface area contributed by atoms with Crippen LogP contribution < -0.4 is 14.8 Å². The molecule has 0 aliphatic carbocycles. The van der Waals surface area contributed by atoms with Gasteiger partial charge in [0.2, 0.25) is 0 Å². The molecule has 0 aliphatic heterocycles. The van der Waals surface area contributed by atoms with Crippen LogP contribution in [0.4, 0.5) is 5.13 Å². The highest BCUT2D eigenvalue weighted by atomic mass is 32.2. The average molecular weight is 531 g/mol. The SMILES string of the molecule is CCOC(=O)CSc1cnc(NC(=O)c2cc(OC(=O)c3ccccc3)cc(O[C@@H](C)COC)c2)s1. The van der Waals surface area contributed by atoms with E-state index < -0.39 is 11.9 Å². The number of rotatable bonds is 12. The summed E-state index contributed by atoms with van der Waals surface area (Å²) in [6.07, 6.45) is 1.27. The number of thioether (sulfide) groups is 1. The first-order valence-corrected chi connectivity index (χ1v) is 12.8. The third-order valence-corrected chi connectivity index (χ3v) is 6.52. The first-order chi connectivity index (χ1) is 17.4. The Kier molecular flexibility index (Phi) is 10.3. The first-order valence-electron chi connectivity index (χ1n) is 11.0. The van der Waals surface area contributed by atoms with Gasteiger partial charge in [0.05, 0.1) is 34.9 Å². The van der Waals surface area contributed by atoms with E-state index in [0.29, 0.717) is 29.7 Å². The normalized spacial score (nSPS) is 11.4. The number of carbonyl (C=O) groups excluding carboxylic acids is 3. The van der Waals surface area contributed by atoms with Crippen molar-refractivity contribution in [3.8, 4) is 11.5 Å². The minimum atomic E-state index is -0.563. The van der Waals surface area contributed by atoms with Gasteiger partial charge in [0.1, 0.15) is 17.6 Å². The van der Waals surface area contributed by atoms with Crippen LogP contribution in [0.5, 0.6) is 11.5 Å². The van der Waals surface area contributed by atoms with Gasteiger partial charge in [-0.15, -0.1) is 11.8 Å². The van der Waals surface area contributed by atoms with Crippen molar-refractivity contribution >= 4 is 46.1 Å². The van der Waals surface area contributed by atoms with Gasteiger partial charge in [-0.2, -0.15) is 0 Å². The van der Waals surface area contributed by atoms with Crippen molar-refractivity contribution in [2.75, 3.05) is 31.4 Å². The number of methoxy groups -OCH3 is 1. The molecule has 2 aromatic carbocycles. The monoisotopic (exact) mass is 530 g/mol. The maximum atomic E-state index is 13.0. The molecular formula is C25H26N2O7S2. The smallest absolute Gasteiger partial charge is 0.343 e. The van der Waals surface area contributed by atoms with E-state index in [0.717, 1.165) is 4.21 Å². The van der Waals surface area contributed by atoms with Crippen molar-refractivity contribution in [3.63, 3.8) is 0 Å². The molecule has 0 unspecified atom stereocenters. The predicted octanol–water partition coefficient (Wildman–Crippen LogP) is 4.68. The van der Waals surface area contributed by atoms with Crippen molar-refractivity contribution in [2.45, 2.75) is 24.2 Å². The van der Waals surface area contributed by atoms with Gasteiger partial charge in [0.25, 0.3) is 5.91 Å². The summed E-state index contributed by atoms with van der Waals surface area (Å²) in [5, 5.41) is 3.08. The Labute approximate surface area is 217 Å². The molecule has 0 bridgehead atoms. The van der Waals surface area contributed by atoms with E-state index >= 15 is 0 Å². The quantitative estimate of drug-likeness (QED) is 0.202. The summed E-state index contributed by atoms with van der Waals surface area (Å²) in [5.41, 5.74) is 0.585. The summed E-state index contributed by atoms with van der Waals surface area (Å²) in [5.74, 6) is -0.703. The molecule has 0 saturated carbocycles. The lowest BCUT2D eigenvalue weighted by atomic mass is 10.2. The zero-order valence-corrected chi connectivity index (χ0v) is 21.6. The van der Waals surface area contributed by atoms with Gasteiger partial charge < -0.3 is 18.9 Å². The minimum absolute atomic E-state index is 0.151. The van der Waals surface area contributed by atoms with E-state index in [1.165, 1.54) is 35.2 Å². The van der Waals surface area contributed by atoms with Crippen LogP contribution in [-0.4, -0.2) is 55.0 Å². The van der Waals surface area contributed by atoms with Crippen molar-refractivity contribution < 1.29 is 33.3 Å². The molecule has 1 N–H and O–H groups in total. The van der Waals surface area contributed by atoms with Gasteiger partial charge in [-0.05, 0) is 38.1 Å². The Morgan fingerprint density at radius 3 is 2.56 bits per heavy atom. The zero-order valence-electron chi connectivity index (χ0n) is 20.0. The lowest BCUT2D eigenvalue weighted by Gasteiger charge is -2.16. The van der Waals surface area contributed by atoms with Gasteiger partial charge >= 0.3 is 11.9 Å². The molecule has 1 heterocycles. The van der Waals surface area contributed by atoms with Crippen molar-refractivity contribution in [3.05, 3.63) is 65.9 Å². The number of nitrogens with zero attached hydrogens (tertiary/aromatic N) is 1. The van der Waals surface area contributed by atoms with Crippen LogP contribution >= 0.6 is 23.1 Å². The van der Waals surface area contributed by atoms with Crippen LogP contribution in [0.25, 0.3) is 0 Å². The summed E-state index contributed by atoms with van der Waals surface area (Å²) < 4.78 is 22.1. The van der Waals surface area contributed by atoms with Crippen LogP contribution in [-0.2, 0) is 14.3 Å². The fourth-order valence-corrected chi connectivity index (χ4v) is 4.62. The molecule has 9 nitrogen and oxygen atoms in total. The number of hydrogen-bond donors (Lipinski definition) is 1. The van der Waals surface area contributed by atoms with Gasteiger partial charge in [-0.1, -0.05) is 29.5 Å². The van der Waals surface area contributed by atoms with Gasteiger partial charge in [0.15, 0.2) is 5.13 Å². The number of anilines is 1. The Balaban J connectivity index is 1.75. The molecule has 0 fully saturated rings. The summed E-state index contributed by atoms with van der Waals surface area (Å²) in [6, 6.07) is 13.1. The second-order valence-corrected chi connectivity index (χ2v) is 9.67. The third-order valence-electron chi connectivity index (χ3n) is 4.44. The predicted molar refractivity (Wildman–Crippen MR) is 137 cm³/mol. The summed E-state index contributed by atoms with van der Waals surface area (Å²) in [4.78, 5) is 41.3. The highest BCUT2D eigenvalue weighted by Gasteiger charge is 2.17. The maximum Gasteiger partial charge on any atom is 0.343 e. The molecule has 0 saturated heterocycles. The molecule has 190 valence electrons. The molecule has 1 atom stereocenters. The van der Waals surface area contributed by atoms with E-state index in [1.807, 2.05) is 6.92 Å². The molecule has 11 heteroatoms. The summed E-state index contributed by atoms with van der Waals surface area (Å²) in [6.45, 7) is 4.21. The molecule has 1 aromatic heterocycles. The molecular weight excluding hydrogens is 504 g/mol. The fourth-order valence-electron chi connectivity index (χ4n) is 2.96. The summed E-state index contributed by atoms with van der Waals surface area (Å²) >= 11 is 2.50. The number of hydrogen-bond acceptors (Lipinski definition) is 10. The van der Waals surface area contributed by atoms with E-state index in [4.69, 9.17) is 18.9 Å². The molecule has 0 spiro atoms. The van der Waals surface area contributed by atoms with E-state index in [2.05, 4.69) is 10.3 Å². The molecule has 0 aliphatic rings. The maximum absolute atomic E-state index is 13.0. The molecule has 3 rings (SSSR count). The lowest BCUT2D eigenvalue weighted by Crippen LogP contribution is -2.19. The van der Waals surface area contributed by atoms with Crippen molar-refractivity contribution in [2.24, 2.45) is 0 Å². The van der Waals surface area contributed by atoms with Crippen molar-refractivity contribution in [1.82, 2.24) is 4.98 Å². The third kappa shape index (κ3) is 8.36. The second-order valence-electron chi connectivity index (χ2n) is 7.36. The van der Waals surface area contributed by atoms with Gasteiger partial charge in [-0.3, -0.25) is 14.9 Å². The van der Waals surface area contributed by atoms with Gasteiger partial charge in [0, 0.05) is 18.7 Å². The zero-order chi connectivity index (χ0) is 25.9. The first kappa shape index (κ1) is 27.2. The number of esters is 2. The highest BCUT2D eigenvalue weighted by molar-refractivity contribution is 8.01. The fraction of sp³-hybridized carbons (Fsp3) is 0.280. The topological polar surface area (TPSA) is 113 Å². The molecule has 3 aromatic rings. The number of amides is 1. The Morgan fingerprint density at radius 1 is 1.08 bits per heavy atom. The molecule has 36 heavy (non-hydrogen) atoms. The van der Waals surface area contributed by atoms with Crippen LogP contribution in [0.3, 0.4) is 0 Å². The Bertz CT molecular complexity index is 1180. The number of thiazole rings is 1. The van der Waals surface area contributed by atoms with Gasteiger partial charge in [-0.25, -0.2) is 9.78 Å². The lowest BCUT2D eigenvalue weighted by molar-refractivity contribution is -0.139.